The van der Waals surface area contributed by atoms with Crippen molar-refractivity contribution in [3.8, 4) is 0 Å². The zero-order valence-corrected chi connectivity index (χ0v) is 14.1. The van der Waals surface area contributed by atoms with Gasteiger partial charge < -0.3 is 4.74 Å². The van der Waals surface area contributed by atoms with Gasteiger partial charge in [-0.2, -0.15) is 0 Å². The Labute approximate surface area is 142 Å². The van der Waals surface area contributed by atoms with Crippen LogP contribution in [-0.4, -0.2) is 39.0 Å². The van der Waals surface area contributed by atoms with Crippen LogP contribution in [0, 0.1) is 0 Å². The van der Waals surface area contributed by atoms with Gasteiger partial charge in [-0.3, -0.25) is 9.28 Å². The van der Waals surface area contributed by atoms with Crippen LogP contribution in [0.15, 0.2) is 67.3 Å². The predicted octanol–water partition coefficient (Wildman–Crippen LogP) is 3.21. The lowest BCUT2D eigenvalue weighted by Crippen LogP contribution is -2.43. The van der Waals surface area contributed by atoms with E-state index in [-0.39, 0.29) is 5.78 Å². The molecule has 0 saturated heterocycles. The molecule has 0 aliphatic carbocycles. The molecule has 2 aromatic carbocycles. The highest BCUT2D eigenvalue weighted by Crippen LogP contribution is 2.20. The summed E-state index contributed by atoms with van der Waals surface area (Å²) >= 11 is 0. The molecule has 124 valence electrons. The zero-order valence-electron chi connectivity index (χ0n) is 14.1. The molecule has 0 spiro atoms. The number of benzene rings is 2. The average molecular weight is 324 g/mol. The lowest BCUT2D eigenvalue weighted by atomic mass is 10.0. The van der Waals surface area contributed by atoms with Crippen LogP contribution in [0.2, 0.25) is 0 Å². The van der Waals surface area contributed by atoms with E-state index in [1.165, 1.54) is 0 Å². The molecular formula is C20H22NO3+. The summed E-state index contributed by atoms with van der Waals surface area (Å²) < 4.78 is 5.59. The molecule has 0 fully saturated rings. The van der Waals surface area contributed by atoms with Gasteiger partial charge in [0.15, 0.2) is 5.78 Å². The van der Waals surface area contributed by atoms with E-state index in [0.717, 1.165) is 11.8 Å². The number of carbonyl (C=O) groups excluding carboxylic acids is 2. The van der Waals surface area contributed by atoms with Crippen molar-refractivity contribution in [2.45, 2.75) is 0 Å². The predicted molar refractivity (Wildman–Crippen MR) is 96.0 cm³/mol. The molecule has 4 nitrogen and oxygen atoms in total. The third kappa shape index (κ3) is 4.40. The van der Waals surface area contributed by atoms with Crippen molar-refractivity contribution in [1.82, 2.24) is 4.48 Å². The molecule has 0 unspecified atom stereocenters. The Hall–Kier alpha value is -2.72. The number of likely N-dealkylation sites (N-methyl/N-ethyl adjacent to an activating group) is 1. The number of hydrogen-bond acceptors (Lipinski definition) is 3. The fourth-order valence-electron chi connectivity index (χ4n) is 2.34. The third-order valence-electron chi connectivity index (χ3n) is 3.93. The van der Waals surface area contributed by atoms with Crippen LogP contribution in [0.1, 0.15) is 15.9 Å². The molecule has 4 heteroatoms. The molecule has 0 radical (unpaired) electrons. The fourth-order valence-corrected chi connectivity index (χ4v) is 2.34. The first-order chi connectivity index (χ1) is 11.4. The van der Waals surface area contributed by atoms with E-state index in [0.29, 0.717) is 28.8 Å². The molecule has 0 atom stereocenters. The van der Waals surface area contributed by atoms with Crippen LogP contribution in [0.25, 0.3) is 0 Å². The van der Waals surface area contributed by atoms with Crippen LogP contribution in [-0.2, 0) is 9.53 Å². The van der Waals surface area contributed by atoms with Crippen LogP contribution in [0.5, 0.6) is 0 Å². The number of carbonyl (C=O) groups is 2. The maximum atomic E-state index is 12.4. The number of nitrogens with zero attached hydrogens (tertiary/aromatic N) is 1. The molecule has 2 aromatic rings. The topological polar surface area (TPSA) is 43.4 Å². The highest BCUT2D eigenvalue weighted by molar-refractivity contribution is 6.09. The number of ketones is 1. The van der Waals surface area contributed by atoms with Gasteiger partial charge in [0.1, 0.15) is 18.8 Å². The standard InChI is InChI=1S/C20H22NO3/c1-4-19(22)24-15-14-21(2,3)18-12-10-17(11-13-18)20(23)16-8-6-5-7-9-16/h4-13H,1,14-15H2,2-3H3/q+1. The quantitative estimate of drug-likeness (QED) is 0.340. The third-order valence-corrected chi connectivity index (χ3v) is 3.93. The second kappa shape index (κ2) is 7.70. The molecule has 24 heavy (non-hydrogen) atoms. The first kappa shape index (κ1) is 17.6. The minimum Gasteiger partial charge on any atom is -0.457 e. The molecule has 0 amide bonds. The van der Waals surface area contributed by atoms with Gasteiger partial charge in [-0.15, -0.1) is 0 Å². The van der Waals surface area contributed by atoms with Gasteiger partial charge in [-0.25, -0.2) is 4.79 Å². The van der Waals surface area contributed by atoms with E-state index in [1.54, 1.807) is 0 Å². The molecule has 2 rings (SSSR count). The highest BCUT2D eigenvalue weighted by atomic mass is 16.5. The van der Waals surface area contributed by atoms with Crippen LogP contribution in [0.4, 0.5) is 5.69 Å². The number of hydrogen-bond donors (Lipinski definition) is 0. The molecule has 0 aliphatic heterocycles. The van der Waals surface area contributed by atoms with Crippen molar-refractivity contribution in [3.63, 3.8) is 0 Å². The minimum atomic E-state index is -0.418. The van der Waals surface area contributed by atoms with Gasteiger partial charge in [-0.1, -0.05) is 36.9 Å². The Morgan fingerprint density at radius 3 is 2.17 bits per heavy atom. The van der Waals surface area contributed by atoms with E-state index in [1.807, 2.05) is 68.7 Å². The van der Waals surface area contributed by atoms with E-state index < -0.39 is 5.97 Å². The largest absolute Gasteiger partial charge is 0.457 e. The summed E-state index contributed by atoms with van der Waals surface area (Å²) in [5, 5.41) is 0. The highest BCUT2D eigenvalue weighted by Gasteiger charge is 2.20. The SMILES string of the molecule is C=CC(=O)OCC[N+](C)(C)c1ccc(C(=O)c2ccccc2)cc1. The summed E-state index contributed by atoms with van der Waals surface area (Å²) in [6, 6.07) is 16.8. The monoisotopic (exact) mass is 324 g/mol. The smallest absolute Gasteiger partial charge is 0.330 e. The number of esters is 1. The van der Waals surface area contributed by atoms with Crippen molar-refractivity contribution in [2.75, 3.05) is 27.2 Å². The van der Waals surface area contributed by atoms with Gasteiger partial charge in [0.05, 0.1) is 14.1 Å². The first-order valence-electron chi connectivity index (χ1n) is 7.76. The average Bonchev–Trinajstić information content (AvgIpc) is 2.61. The number of quaternary nitrogens is 1. The minimum absolute atomic E-state index is 0.00682. The van der Waals surface area contributed by atoms with Crippen LogP contribution in [0.3, 0.4) is 0 Å². The molecule has 0 aromatic heterocycles. The molecule has 0 N–H and O–H groups in total. The van der Waals surface area contributed by atoms with Gasteiger partial charge in [-0.05, 0) is 24.3 Å². The number of rotatable bonds is 7. The molecule has 0 saturated carbocycles. The van der Waals surface area contributed by atoms with Gasteiger partial charge >= 0.3 is 5.97 Å². The Kier molecular flexibility index (Phi) is 5.66. The molecule has 0 aliphatic rings. The van der Waals surface area contributed by atoms with E-state index in [4.69, 9.17) is 4.74 Å². The van der Waals surface area contributed by atoms with Crippen molar-refractivity contribution in [2.24, 2.45) is 0 Å². The maximum absolute atomic E-state index is 12.4. The molecule has 0 heterocycles. The summed E-state index contributed by atoms with van der Waals surface area (Å²) in [4.78, 5) is 23.5. The summed E-state index contributed by atoms with van der Waals surface area (Å²) in [7, 11) is 4.05. The van der Waals surface area contributed by atoms with E-state index in [2.05, 4.69) is 6.58 Å². The van der Waals surface area contributed by atoms with Gasteiger partial charge in [0.25, 0.3) is 0 Å². The second-order valence-electron chi connectivity index (χ2n) is 6.02. The summed E-state index contributed by atoms with van der Waals surface area (Å²) in [6.07, 6.45) is 1.16. The van der Waals surface area contributed by atoms with Gasteiger partial charge in [0.2, 0.25) is 0 Å². The first-order valence-corrected chi connectivity index (χ1v) is 7.76. The summed E-state index contributed by atoms with van der Waals surface area (Å²) in [5.74, 6) is -0.411. The van der Waals surface area contributed by atoms with Crippen molar-refractivity contribution < 1.29 is 14.3 Å². The molecular weight excluding hydrogens is 302 g/mol. The Morgan fingerprint density at radius 1 is 1.00 bits per heavy atom. The normalized spacial score (nSPS) is 10.9. The van der Waals surface area contributed by atoms with E-state index in [9.17, 15) is 9.59 Å². The summed E-state index contributed by atoms with van der Waals surface area (Å²) in [5.41, 5.74) is 2.37. The zero-order chi connectivity index (χ0) is 17.6. The van der Waals surface area contributed by atoms with Crippen LogP contribution < -0.4 is 4.48 Å². The number of ether oxygens (including phenoxy) is 1. The maximum Gasteiger partial charge on any atom is 0.330 e. The second-order valence-corrected chi connectivity index (χ2v) is 6.02. The Balaban J connectivity index is 2.06. The van der Waals surface area contributed by atoms with Crippen LogP contribution >= 0.6 is 0 Å². The Morgan fingerprint density at radius 2 is 1.58 bits per heavy atom. The van der Waals surface area contributed by atoms with Crippen molar-refractivity contribution >= 4 is 17.4 Å². The van der Waals surface area contributed by atoms with Crippen molar-refractivity contribution in [1.29, 1.82) is 0 Å². The summed E-state index contributed by atoms with van der Waals surface area (Å²) in [6.45, 7) is 4.31. The van der Waals surface area contributed by atoms with Crippen molar-refractivity contribution in [3.05, 3.63) is 78.4 Å². The molecule has 0 bridgehead atoms. The van der Waals surface area contributed by atoms with Gasteiger partial charge in [0, 0.05) is 17.2 Å². The lowest BCUT2D eigenvalue weighted by molar-refractivity contribution is -0.137. The lowest BCUT2D eigenvalue weighted by Gasteiger charge is -2.29. The van der Waals surface area contributed by atoms with E-state index >= 15 is 0 Å². The Bertz CT molecular complexity index is 718. The fraction of sp³-hybridized carbons (Fsp3) is 0.200.